The molecule has 0 aliphatic rings. The summed E-state index contributed by atoms with van der Waals surface area (Å²) in [6.45, 7) is 2.02. The number of hydrogen-bond acceptors (Lipinski definition) is 3. The lowest BCUT2D eigenvalue weighted by molar-refractivity contribution is 1.09. The molecule has 2 rings (SSSR count). The van der Waals surface area contributed by atoms with Crippen LogP contribution in [0.3, 0.4) is 0 Å². The highest BCUT2D eigenvalue weighted by Gasteiger charge is 2.04. The van der Waals surface area contributed by atoms with Crippen molar-refractivity contribution in [3.63, 3.8) is 0 Å². The van der Waals surface area contributed by atoms with Crippen LogP contribution in [-0.4, -0.2) is 22.0 Å². The fraction of sp³-hybridized carbons (Fsp3) is 0.200. The average Bonchev–Trinajstić information content (AvgIpc) is 2.65. The molecular weight excluding hydrogens is 176 g/mol. The van der Waals surface area contributed by atoms with Crippen LogP contribution in [-0.2, 0) is 0 Å². The van der Waals surface area contributed by atoms with Crippen molar-refractivity contribution in [1.29, 1.82) is 0 Å². The molecule has 0 saturated carbocycles. The van der Waals surface area contributed by atoms with Gasteiger partial charge in [0.1, 0.15) is 12.0 Å². The van der Waals surface area contributed by atoms with Gasteiger partial charge in [-0.3, -0.25) is 0 Å². The number of H-pyrrole nitrogens is 1. The van der Waals surface area contributed by atoms with Crippen LogP contribution >= 0.6 is 0 Å². The molecule has 4 nitrogen and oxygen atoms in total. The van der Waals surface area contributed by atoms with Crippen molar-refractivity contribution < 1.29 is 0 Å². The highest BCUT2D eigenvalue weighted by molar-refractivity contribution is 5.87. The highest BCUT2D eigenvalue weighted by Crippen LogP contribution is 2.19. The molecule has 2 aromatic heterocycles. The number of nitrogens with zero attached hydrogens (tertiary/aromatic N) is 2. The summed E-state index contributed by atoms with van der Waals surface area (Å²) in [5, 5.41) is 4.04. The van der Waals surface area contributed by atoms with Crippen LogP contribution in [0.25, 0.3) is 16.6 Å². The Balaban J connectivity index is 2.61. The van der Waals surface area contributed by atoms with Gasteiger partial charge in [-0.25, -0.2) is 9.97 Å². The van der Waals surface area contributed by atoms with Gasteiger partial charge in [0.2, 0.25) is 0 Å². The van der Waals surface area contributed by atoms with Crippen LogP contribution in [0.15, 0.2) is 24.8 Å². The molecule has 72 valence electrons. The molecule has 2 N–H and O–H groups in total. The minimum Gasteiger partial charge on any atom is -0.394 e. The number of aromatic amines is 1. The van der Waals surface area contributed by atoms with Crippen LogP contribution < -0.4 is 5.32 Å². The maximum absolute atomic E-state index is 4.26. The Morgan fingerprint density at radius 2 is 2.36 bits per heavy atom. The minimum absolute atomic E-state index is 0.874. The molecule has 4 heteroatoms. The van der Waals surface area contributed by atoms with E-state index in [-0.39, 0.29) is 0 Å². The summed E-state index contributed by atoms with van der Waals surface area (Å²) >= 11 is 0. The molecule has 0 unspecified atom stereocenters. The predicted molar refractivity (Wildman–Crippen MR) is 56.6 cm³/mol. The molecule has 0 amide bonds. The number of nitrogens with one attached hydrogen (secondary N) is 2. The number of allylic oxidation sites excluding steroid dienone is 1. The van der Waals surface area contributed by atoms with Gasteiger partial charge >= 0.3 is 0 Å². The van der Waals surface area contributed by atoms with E-state index in [1.54, 1.807) is 6.33 Å². The summed E-state index contributed by atoms with van der Waals surface area (Å²) in [4.78, 5) is 11.4. The number of rotatable bonds is 2. The molecule has 0 atom stereocenters. The standard InChI is InChI=1S/C10H12N4/c1-7(5-11-2)9-8-3-4-12-10(8)14-6-13-9/h3-6,11H,1-2H3,(H,12,13,14)/b7-5-. The van der Waals surface area contributed by atoms with Gasteiger partial charge in [-0.15, -0.1) is 0 Å². The molecule has 2 aromatic rings. The Kier molecular flexibility index (Phi) is 2.18. The zero-order valence-corrected chi connectivity index (χ0v) is 8.20. The lowest BCUT2D eigenvalue weighted by Gasteiger charge is -2.01. The van der Waals surface area contributed by atoms with Crippen LogP contribution in [0.5, 0.6) is 0 Å². The molecule has 0 radical (unpaired) electrons. The summed E-state index contributed by atoms with van der Waals surface area (Å²) < 4.78 is 0. The Hall–Kier alpha value is -1.84. The summed E-state index contributed by atoms with van der Waals surface area (Å²) in [5.41, 5.74) is 2.93. The number of fused-ring (bicyclic) bond motifs is 1. The van der Waals surface area contributed by atoms with Crippen LogP contribution in [0.1, 0.15) is 12.6 Å². The summed E-state index contributed by atoms with van der Waals surface area (Å²) in [6, 6.07) is 1.98. The normalized spacial score (nSPS) is 12.0. The Labute approximate surface area is 82.1 Å². The average molecular weight is 188 g/mol. The van der Waals surface area contributed by atoms with E-state index < -0.39 is 0 Å². The third-order valence-electron chi connectivity index (χ3n) is 2.09. The van der Waals surface area contributed by atoms with E-state index >= 15 is 0 Å². The zero-order chi connectivity index (χ0) is 9.97. The maximum atomic E-state index is 4.26. The zero-order valence-electron chi connectivity index (χ0n) is 8.20. The molecular formula is C10H12N4. The van der Waals surface area contributed by atoms with Crippen molar-refractivity contribution in [2.75, 3.05) is 7.05 Å². The molecule has 0 saturated heterocycles. The Morgan fingerprint density at radius 1 is 1.50 bits per heavy atom. The Bertz CT molecular complexity index is 470. The van der Waals surface area contributed by atoms with Gasteiger partial charge in [0.15, 0.2) is 0 Å². The largest absolute Gasteiger partial charge is 0.394 e. The molecule has 0 aromatic carbocycles. The van der Waals surface area contributed by atoms with Gasteiger partial charge in [0, 0.05) is 24.8 Å². The van der Waals surface area contributed by atoms with Gasteiger partial charge in [-0.05, 0) is 18.6 Å². The minimum atomic E-state index is 0.874. The fourth-order valence-corrected chi connectivity index (χ4v) is 1.47. The third kappa shape index (κ3) is 1.35. The second kappa shape index (κ2) is 3.49. The second-order valence-electron chi connectivity index (χ2n) is 3.08. The van der Waals surface area contributed by atoms with Crippen molar-refractivity contribution in [2.24, 2.45) is 0 Å². The first-order valence-electron chi connectivity index (χ1n) is 4.45. The molecule has 0 spiro atoms. The molecule has 0 bridgehead atoms. The summed E-state index contributed by atoms with van der Waals surface area (Å²) in [5.74, 6) is 0. The van der Waals surface area contributed by atoms with Crippen LogP contribution in [0, 0.1) is 0 Å². The van der Waals surface area contributed by atoms with Gasteiger partial charge < -0.3 is 10.3 Å². The SMILES string of the molecule is CN/C=C(/C)c1ncnc2[nH]ccc12. The predicted octanol–water partition coefficient (Wildman–Crippen LogP) is 1.54. The monoisotopic (exact) mass is 188 g/mol. The van der Waals surface area contributed by atoms with Crippen molar-refractivity contribution in [3.05, 3.63) is 30.5 Å². The van der Waals surface area contributed by atoms with Crippen molar-refractivity contribution in [2.45, 2.75) is 6.92 Å². The van der Waals surface area contributed by atoms with Crippen molar-refractivity contribution >= 4 is 16.6 Å². The van der Waals surface area contributed by atoms with Crippen molar-refractivity contribution in [3.8, 4) is 0 Å². The van der Waals surface area contributed by atoms with Crippen LogP contribution in [0.2, 0.25) is 0 Å². The lowest BCUT2D eigenvalue weighted by atomic mass is 10.1. The fourth-order valence-electron chi connectivity index (χ4n) is 1.47. The molecule has 0 aliphatic heterocycles. The van der Waals surface area contributed by atoms with E-state index in [0.717, 1.165) is 22.3 Å². The maximum Gasteiger partial charge on any atom is 0.141 e. The molecule has 0 fully saturated rings. The van der Waals surface area contributed by atoms with E-state index in [4.69, 9.17) is 0 Å². The van der Waals surface area contributed by atoms with E-state index in [0.29, 0.717) is 0 Å². The first-order valence-corrected chi connectivity index (χ1v) is 4.45. The van der Waals surface area contributed by atoms with Gasteiger partial charge in [-0.1, -0.05) is 0 Å². The van der Waals surface area contributed by atoms with E-state index in [9.17, 15) is 0 Å². The van der Waals surface area contributed by atoms with Gasteiger partial charge in [0.25, 0.3) is 0 Å². The van der Waals surface area contributed by atoms with E-state index in [1.165, 1.54) is 0 Å². The number of hydrogen-bond donors (Lipinski definition) is 2. The lowest BCUT2D eigenvalue weighted by Crippen LogP contribution is -1.96. The number of aromatic nitrogens is 3. The quantitative estimate of drug-likeness (QED) is 0.751. The third-order valence-corrected chi connectivity index (χ3v) is 2.09. The van der Waals surface area contributed by atoms with E-state index in [2.05, 4.69) is 20.3 Å². The van der Waals surface area contributed by atoms with Crippen molar-refractivity contribution in [1.82, 2.24) is 20.3 Å². The summed E-state index contributed by atoms with van der Waals surface area (Å²) in [7, 11) is 1.87. The first kappa shape index (κ1) is 8.74. The molecule has 2 heterocycles. The van der Waals surface area contributed by atoms with E-state index in [1.807, 2.05) is 32.4 Å². The smallest absolute Gasteiger partial charge is 0.141 e. The van der Waals surface area contributed by atoms with Gasteiger partial charge in [-0.2, -0.15) is 0 Å². The van der Waals surface area contributed by atoms with Crippen LogP contribution in [0.4, 0.5) is 0 Å². The first-order chi connectivity index (χ1) is 6.83. The summed E-state index contributed by atoms with van der Waals surface area (Å²) in [6.07, 6.45) is 5.37. The highest BCUT2D eigenvalue weighted by atomic mass is 14.9. The van der Waals surface area contributed by atoms with Gasteiger partial charge in [0.05, 0.1) is 5.69 Å². The molecule has 14 heavy (non-hydrogen) atoms. The second-order valence-corrected chi connectivity index (χ2v) is 3.08. The Morgan fingerprint density at radius 3 is 3.14 bits per heavy atom. The topological polar surface area (TPSA) is 53.6 Å². The molecule has 0 aliphatic carbocycles.